The van der Waals surface area contributed by atoms with Crippen molar-refractivity contribution >= 4 is 23.6 Å². The molecule has 0 bridgehead atoms. The Hall–Kier alpha value is -1.49. The number of hydrogen-bond acceptors (Lipinski definition) is 3. The van der Waals surface area contributed by atoms with Crippen LogP contribution in [0.5, 0.6) is 0 Å². The quantitative estimate of drug-likeness (QED) is 0.849. The minimum absolute atomic E-state index is 0.207. The van der Waals surface area contributed by atoms with Gasteiger partial charge < -0.3 is 10.4 Å². The minimum atomic E-state index is -1.01. The molecule has 90 valence electrons. The van der Waals surface area contributed by atoms with Crippen molar-refractivity contribution < 1.29 is 14.7 Å². The number of carbonyl (C=O) groups is 2. The van der Waals surface area contributed by atoms with Crippen LogP contribution in [0.2, 0.25) is 0 Å². The number of carbonyl (C=O) groups excluding carboxylic acids is 1. The molecule has 2 atom stereocenters. The lowest BCUT2D eigenvalue weighted by molar-refractivity contribution is -0.141. The lowest BCUT2D eigenvalue weighted by Crippen LogP contribution is -2.42. The average molecular weight is 251 g/mol. The Morgan fingerprint density at radius 2 is 2.18 bits per heavy atom. The summed E-state index contributed by atoms with van der Waals surface area (Å²) in [6, 6.07) is 7.02. The monoisotopic (exact) mass is 251 g/mol. The number of amides is 1. The zero-order valence-corrected chi connectivity index (χ0v) is 10.2. The summed E-state index contributed by atoms with van der Waals surface area (Å²) >= 11 is 1.49. The summed E-state index contributed by atoms with van der Waals surface area (Å²) in [6.45, 7) is 1.47. The van der Waals surface area contributed by atoms with Gasteiger partial charge in [-0.25, -0.2) is 0 Å². The maximum Gasteiger partial charge on any atom is 0.325 e. The molecule has 0 saturated heterocycles. The highest BCUT2D eigenvalue weighted by Crippen LogP contribution is 2.36. The molecular weight excluding hydrogens is 238 g/mol. The van der Waals surface area contributed by atoms with Gasteiger partial charge in [-0.15, -0.1) is 11.8 Å². The molecule has 1 heterocycles. The Labute approximate surface area is 103 Å². The minimum Gasteiger partial charge on any atom is -0.480 e. The zero-order chi connectivity index (χ0) is 12.4. The number of aliphatic carboxylic acids is 1. The molecule has 1 unspecified atom stereocenters. The van der Waals surface area contributed by atoms with Gasteiger partial charge >= 0.3 is 5.97 Å². The molecule has 1 aromatic carbocycles. The van der Waals surface area contributed by atoms with Crippen LogP contribution in [0.3, 0.4) is 0 Å². The number of rotatable bonds is 3. The van der Waals surface area contributed by atoms with Gasteiger partial charge in [0.25, 0.3) is 0 Å². The molecule has 1 amide bonds. The van der Waals surface area contributed by atoms with Gasteiger partial charge in [-0.2, -0.15) is 0 Å². The molecule has 4 nitrogen and oxygen atoms in total. The first-order valence-electron chi connectivity index (χ1n) is 5.35. The van der Waals surface area contributed by atoms with Crippen molar-refractivity contribution in [1.82, 2.24) is 5.32 Å². The van der Waals surface area contributed by atoms with E-state index in [-0.39, 0.29) is 11.2 Å². The van der Waals surface area contributed by atoms with Crippen LogP contribution in [-0.2, 0) is 16.0 Å². The fourth-order valence-corrected chi connectivity index (χ4v) is 2.90. The first-order chi connectivity index (χ1) is 8.08. The smallest absolute Gasteiger partial charge is 0.325 e. The molecule has 17 heavy (non-hydrogen) atoms. The van der Waals surface area contributed by atoms with E-state index in [2.05, 4.69) is 5.32 Å². The first kappa shape index (κ1) is 12.0. The van der Waals surface area contributed by atoms with E-state index in [0.717, 1.165) is 10.5 Å². The second-order valence-corrected chi connectivity index (χ2v) is 5.23. The van der Waals surface area contributed by atoms with Crippen molar-refractivity contribution in [1.29, 1.82) is 0 Å². The molecule has 1 aliphatic heterocycles. The topological polar surface area (TPSA) is 66.4 Å². The van der Waals surface area contributed by atoms with Gasteiger partial charge in [0.05, 0.1) is 5.25 Å². The average Bonchev–Trinajstić information content (AvgIpc) is 2.72. The normalized spacial score (nSPS) is 19.5. The van der Waals surface area contributed by atoms with Crippen molar-refractivity contribution in [2.75, 3.05) is 0 Å². The Balaban J connectivity index is 1.99. The van der Waals surface area contributed by atoms with Crippen LogP contribution in [-0.4, -0.2) is 28.3 Å². The third kappa shape index (κ3) is 2.61. The van der Waals surface area contributed by atoms with E-state index in [1.807, 2.05) is 24.3 Å². The van der Waals surface area contributed by atoms with E-state index in [0.29, 0.717) is 6.42 Å². The lowest BCUT2D eigenvalue weighted by Gasteiger charge is -2.12. The summed E-state index contributed by atoms with van der Waals surface area (Å²) in [6.07, 6.45) is 0.666. The predicted molar refractivity (Wildman–Crippen MR) is 65.0 cm³/mol. The van der Waals surface area contributed by atoms with Crippen molar-refractivity contribution in [2.45, 2.75) is 29.5 Å². The summed E-state index contributed by atoms with van der Waals surface area (Å²) in [5.74, 6) is -1.22. The molecule has 0 aliphatic carbocycles. The van der Waals surface area contributed by atoms with Gasteiger partial charge in [-0.3, -0.25) is 9.59 Å². The zero-order valence-electron chi connectivity index (χ0n) is 9.34. The third-order valence-electron chi connectivity index (χ3n) is 2.67. The number of thioether (sulfide) groups is 1. The fraction of sp³-hybridized carbons (Fsp3) is 0.333. The van der Waals surface area contributed by atoms with Crippen LogP contribution in [0.25, 0.3) is 0 Å². The number of nitrogens with one attached hydrogen (secondary N) is 1. The van der Waals surface area contributed by atoms with E-state index in [9.17, 15) is 9.59 Å². The number of fused-ring (bicyclic) bond motifs is 1. The number of carboxylic acid groups (broad SMARTS) is 1. The lowest BCUT2D eigenvalue weighted by atomic mass is 10.1. The summed E-state index contributed by atoms with van der Waals surface area (Å²) in [7, 11) is 0. The highest BCUT2D eigenvalue weighted by atomic mass is 32.2. The van der Waals surface area contributed by atoms with E-state index in [4.69, 9.17) is 5.11 Å². The molecule has 0 fully saturated rings. The van der Waals surface area contributed by atoms with Crippen LogP contribution < -0.4 is 5.32 Å². The van der Waals surface area contributed by atoms with Gasteiger partial charge in [0.15, 0.2) is 0 Å². The summed E-state index contributed by atoms with van der Waals surface area (Å²) in [4.78, 5) is 23.6. The van der Waals surface area contributed by atoms with E-state index >= 15 is 0 Å². The fourth-order valence-electron chi connectivity index (χ4n) is 1.70. The second kappa shape index (κ2) is 4.79. The maximum absolute atomic E-state index is 11.8. The van der Waals surface area contributed by atoms with Crippen LogP contribution in [0, 0.1) is 0 Å². The first-order valence-corrected chi connectivity index (χ1v) is 6.23. The Bertz CT molecular complexity index is 436. The number of benzene rings is 1. The van der Waals surface area contributed by atoms with Gasteiger partial charge in [0.1, 0.15) is 6.04 Å². The molecule has 1 aliphatic rings. The van der Waals surface area contributed by atoms with E-state index in [1.54, 1.807) is 0 Å². The van der Waals surface area contributed by atoms with Crippen LogP contribution in [0.4, 0.5) is 0 Å². The second-order valence-electron chi connectivity index (χ2n) is 3.99. The Kier molecular flexibility index (Phi) is 3.38. The van der Waals surface area contributed by atoms with Crippen LogP contribution in [0.1, 0.15) is 12.5 Å². The molecule has 2 N–H and O–H groups in total. The molecule has 5 heteroatoms. The summed E-state index contributed by atoms with van der Waals surface area (Å²) < 4.78 is 0. The van der Waals surface area contributed by atoms with Gasteiger partial charge in [-0.1, -0.05) is 18.2 Å². The van der Waals surface area contributed by atoms with Crippen molar-refractivity contribution in [2.24, 2.45) is 0 Å². The SMILES string of the molecule is C[C@@H](NC(=O)C1Cc2ccccc2S1)C(=O)O. The number of hydrogen-bond donors (Lipinski definition) is 2. The molecule has 1 aromatic rings. The predicted octanol–water partition coefficient (Wildman–Crippen LogP) is 1.29. The van der Waals surface area contributed by atoms with Crippen molar-refractivity contribution in [3.8, 4) is 0 Å². The molecule has 0 spiro atoms. The van der Waals surface area contributed by atoms with E-state index in [1.165, 1.54) is 18.7 Å². The third-order valence-corrected chi connectivity index (χ3v) is 3.99. The molecule has 0 radical (unpaired) electrons. The molecule has 0 saturated carbocycles. The van der Waals surface area contributed by atoms with Crippen molar-refractivity contribution in [3.63, 3.8) is 0 Å². The van der Waals surface area contributed by atoms with E-state index < -0.39 is 12.0 Å². The van der Waals surface area contributed by atoms with Crippen LogP contribution in [0.15, 0.2) is 29.2 Å². The number of carboxylic acids is 1. The van der Waals surface area contributed by atoms with Crippen LogP contribution >= 0.6 is 11.8 Å². The summed E-state index contributed by atoms with van der Waals surface area (Å²) in [5.41, 5.74) is 1.15. The van der Waals surface area contributed by atoms with Crippen molar-refractivity contribution in [3.05, 3.63) is 29.8 Å². The van der Waals surface area contributed by atoms with Gasteiger partial charge in [0.2, 0.25) is 5.91 Å². The standard InChI is InChI=1S/C12H13NO3S/c1-7(12(15)16)13-11(14)10-6-8-4-2-3-5-9(8)17-10/h2-5,7,10H,6H2,1H3,(H,13,14)(H,15,16)/t7-,10?/m1/s1. The highest BCUT2D eigenvalue weighted by Gasteiger charge is 2.29. The van der Waals surface area contributed by atoms with Gasteiger partial charge in [-0.05, 0) is 25.0 Å². The highest BCUT2D eigenvalue weighted by molar-refractivity contribution is 8.01. The maximum atomic E-state index is 11.8. The Morgan fingerprint density at radius 1 is 1.47 bits per heavy atom. The largest absolute Gasteiger partial charge is 0.480 e. The molecule has 0 aromatic heterocycles. The molecular formula is C12H13NO3S. The summed E-state index contributed by atoms with van der Waals surface area (Å²) in [5, 5.41) is 11.0. The Morgan fingerprint density at radius 3 is 2.82 bits per heavy atom. The molecule has 2 rings (SSSR count). The van der Waals surface area contributed by atoms with Gasteiger partial charge in [0, 0.05) is 4.90 Å².